The van der Waals surface area contributed by atoms with Crippen molar-refractivity contribution in [1.82, 2.24) is 4.90 Å². The zero-order chi connectivity index (χ0) is 25.7. The Kier molecular flexibility index (Phi) is 7.93. The number of hydrogen-bond donors (Lipinski definition) is 1. The number of carbonyl (C=O) groups excluding carboxylic acids is 2. The van der Waals surface area contributed by atoms with Crippen molar-refractivity contribution in [3.63, 3.8) is 0 Å². The maximum Gasteiger partial charge on any atom is 0.295 e. The highest BCUT2D eigenvalue weighted by atomic mass is 35.5. The molecule has 1 heterocycles. The number of ketones is 1. The van der Waals surface area contributed by atoms with E-state index in [4.69, 9.17) is 25.8 Å². The van der Waals surface area contributed by atoms with Crippen LogP contribution < -0.4 is 9.47 Å². The van der Waals surface area contributed by atoms with Gasteiger partial charge in [0.1, 0.15) is 23.9 Å². The van der Waals surface area contributed by atoms with Crippen LogP contribution in [0.4, 0.5) is 0 Å². The Morgan fingerprint density at radius 3 is 2.33 bits per heavy atom. The van der Waals surface area contributed by atoms with Gasteiger partial charge in [-0.15, -0.1) is 0 Å². The van der Waals surface area contributed by atoms with Gasteiger partial charge in [-0.25, -0.2) is 0 Å². The Balaban J connectivity index is 1.71. The van der Waals surface area contributed by atoms with Crippen molar-refractivity contribution in [1.29, 1.82) is 0 Å². The van der Waals surface area contributed by atoms with Crippen LogP contribution >= 0.6 is 11.6 Å². The van der Waals surface area contributed by atoms with Gasteiger partial charge < -0.3 is 24.2 Å². The fourth-order valence-electron chi connectivity index (χ4n) is 4.09. The third-order valence-electron chi connectivity index (χ3n) is 5.95. The fraction of sp³-hybridized carbons (Fsp3) is 0.214. The Hall–Kier alpha value is -3.81. The van der Waals surface area contributed by atoms with E-state index < -0.39 is 17.7 Å². The molecule has 4 rings (SSSR count). The first-order valence-corrected chi connectivity index (χ1v) is 11.7. The number of amides is 1. The lowest BCUT2D eigenvalue weighted by Gasteiger charge is -2.25. The van der Waals surface area contributed by atoms with Gasteiger partial charge >= 0.3 is 0 Å². The fourth-order valence-corrected chi connectivity index (χ4v) is 4.30. The molecule has 7 nitrogen and oxygen atoms in total. The topological polar surface area (TPSA) is 85.3 Å². The molecule has 0 saturated carbocycles. The lowest BCUT2D eigenvalue weighted by Crippen LogP contribution is -2.32. The minimum absolute atomic E-state index is 0.0517. The molecule has 1 aliphatic rings. The molecule has 3 aromatic carbocycles. The minimum atomic E-state index is -0.828. The van der Waals surface area contributed by atoms with Crippen molar-refractivity contribution >= 4 is 29.1 Å². The summed E-state index contributed by atoms with van der Waals surface area (Å²) in [7, 11) is 3.00. The highest BCUT2D eigenvalue weighted by Gasteiger charge is 2.46. The summed E-state index contributed by atoms with van der Waals surface area (Å²) in [6, 6.07) is 20.8. The standard InChI is InChI=1S/C28H26ClNO6/c1-34-15-14-30-25(19-8-10-20(11-9-19)36-17-18-6-4-3-5-7-18)24(27(32)28(30)33)26(31)22-16-21(35-2)12-13-23(22)29/h3-13,16,25,31H,14-15,17H2,1-2H3/b26-24+. The smallest absolute Gasteiger partial charge is 0.295 e. The molecule has 1 fully saturated rings. The van der Waals surface area contributed by atoms with Gasteiger partial charge in [0.05, 0.1) is 30.4 Å². The molecule has 0 spiro atoms. The average Bonchev–Trinajstić information content (AvgIpc) is 3.16. The van der Waals surface area contributed by atoms with Gasteiger partial charge in [0, 0.05) is 19.2 Å². The number of halogens is 1. The van der Waals surface area contributed by atoms with Crippen LogP contribution in [-0.4, -0.2) is 49.1 Å². The lowest BCUT2D eigenvalue weighted by atomic mass is 9.95. The van der Waals surface area contributed by atoms with E-state index in [1.165, 1.54) is 25.2 Å². The van der Waals surface area contributed by atoms with Crippen LogP contribution in [0, 0.1) is 0 Å². The largest absolute Gasteiger partial charge is 0.507 e. The maximum absolute atomic E-state index is 13.1. The molecule has 0 aliphatic carbocycles. The van der Waals surface area contributed by atoms with Crippen LogP contribution in [0.1, 0.15) is 22.7 Å². The van der Waals surface area contributed by atoms with Gasteiger partial charge in [0.25, 0.3) is 11.7 Å². The van der Waals surface area contributed by atoms with Crippen LogP contribution in [0.25, 0.3) is 5.76 Å². The molecule has 1 atom stereocenters. The molecule has 8 heteroatoms. The molecule has 1 N–H and O–H groups in total. The number of ether oxygens (including phenoxy) is 3. The van der Waals surface area contributed by atoms with Crippen molar-refractivity contribution in [2.45, 2.75) is 12.6 Å². The number of likely N-dealkylation sites (tertiary alicyclic amines) is 1. The van der Waals surface area contributed by atoms with Crippen molar-refractivity contribution in [2.75, 3.05) is 27.4 Å². The highest BCUT2D eigenvalue weighted by Crippen LogP contribution is 2.41. The molecule has 0 bridgehead atoms. The van der Waals surface area contributed by atoms with Gasteiger partial charge in [-0.2, -0.15) is 0 Å². The van der Waals surface area contributed by atoms with Crippen molar-refractivity contribution in [3.05, 3.63) is 100 Å². The highest BCUT2D eigenvalue weighted by molar-refractivity contribution is 6.47. The lowest BCUT2D eigenvalue weighted by molar-refractivity contribution is -0.140. The van der Waals surface area contributed by atoms with Crippen molar-refractivity contribution in [3.8, 4) is 11.5 Å². The molecule has 186 valence electrons. The second-order valence-electron chi connectivity index (χ2n) is 8.17. The number of benzene rings is 3. The van der Waals surface area contributed by atoms with Crippen LogP contribution in [-0.2, 0) is 20.9 Å². The van der Waals surface area contributed by atoms with E-state index in [0.29, 0.717) is 23.7 Å². The van der Waals surface area contributed by atoms with Gasteiger partial charge in [-0.05, 0) is 41.5 Å². The van der Waals surface area contributed by atoms with Gasteiger partial charge in [-0.1, -0.05) is 54.1 Å². The van der Waals surface area contributed by atoms with Gasteiger partial charge in [-0.3, -0.25) is 9.59 Å². The first-order valence-electron chi connectivity index (χ1n) is 11.3. The second-order valence-corrected chi connectivity index (χ2v) is 8.58. The van der Waals surface area contributed by atoms with E-state index in [1.54, 1.807) is 36.4 Å². The SMILES string of the molecule is COCCN1C(=O)C(=O)/C(=C(/O)c2cc(OC)ccc2Cl)C1c1ccc(OCc2ccccc2)cc1. The summed E-state index contributed by atoms with van der Waals surface area (Å²) in [6.45, 7) is 0.795. The van der Waals surface area contributed by atoms with Gasteiger partial charge in [0.2, 0.25) is 0 Å². The summed E-state index contributed by atoms with van der Waals surface area (Å²) in [6.07, 6.45) is 0. The second kappa shape index (κ2) is 11.3. The van der Waals surface area contributed by atoms with Crippen LogP contribution in [0.2, 0.25) is 5.02 Å². The molecule has 1 saturated heterocycles. The third kappa shape index (κ3) is 5.22. The summed E-state index contributed by atoms with van der Waals surface area (Å²) in [4.78, 5) is 27.5. The number of hydrogen-bond acceptors (Lipinski definition) is 6. The summed E-state index contributed by atoms with van der Waals surface area (Å²) in [5.74, 6) is -0.802. The zero-order valence-electron chi connectivity index (χ0n) is 19.9. The summed E-state index contributed by atoms with van der Waals surface area (Å²) in [5, 5.41) is 11.5. The first kappa shape index (κ1) is 25.3. The van der Waals surface area contributed by atoms with Crippen LogP contribution in [0.3, 0.4) is 0 Å². The Labute approximate surface area is 214 Å². The quantitative estimate of drug-likeness (QED) is 0.249. The molecule has 0 aromatic heterocycles. The van der Waals surface area contributed by atoms with Crippen LogP contribution in [0.5, 0.6) is 11.5 Å². The number of Topliss-reactive ketones (excluding diaryl/α,β-unsaturated/α-hetero) is 1. The number of methoxy groups -OCH3 is 2. The summed E-state index contributed by atoms with van der Waals surface area (Å²) < 4.78 is 16.3. The maximum atomic E-state index is 13.1. The van der Waals surface area contributed by atoms with Crippen molar-refractivity contribution in [2.24, 2.45) is 0 Å². The monoisotopic (exact) mass is 507 g/mol. The molecule has 0 radical (unpaired) electrons. The zero-order valence-corrected chi connectivity index (χ0v) is 20.7. The summed E-state index contributed by atoms with van der Waals surface area (Å²) in [5.41, 5.74) is 1.82. The number of aliphatic hydroxyl groups excluding tert-OH is 1. The predicted molar refractivity (Wildman–Crippen MR) is 136 cm³/mol. The van der Waals surface area contributed by atoms with Gasteiger partial charge in [0.15, 0.2) is 0 Å². The van der Waals surface area contributed by atoms with Crippen molar-refractivity contribution < 1.29 is 28.9 Å². The molecular weight excluding hydrogens is 482 g/mol. The van der Waals surface area contributed by atoms with Crippen LogP contribution in [0.15, 0.2) is 78.4 Å². The molecule has 1 amide bonds. The molecule has 1 unspecified atom stereocenters. The van der Waals surface area contributed by atoms with E-state index in [2.05, 4.69) is 0 Å². The summed E-state index contributed by atoms with van der Waals surface area (Å²) >= 11 is 6.33. The van der Waals surface area contributed by atoms with E-state index >= 15 is 0 Å². The molecule has 36 heavy (non-hydrogen) atoms. The average molecular weight is 508 g/mol. The third-order valence-corrected chi connectivity index (χ3v) is 6.28. The Bertz CT molecular complexity index is 1270. The molecular formula is C28H26ClNO6. The predicted octanol–water partition coefficient (Wildman–Crippen LogP) is 5.00. The normalized spacial score (nSPS) is 16.9. The Morgan fingerprint density at radius 2 is 1.67 bits per heavy atom. The Morgan fingerprint density at radius 1 is 0.972 bits per heavy atom. The number of rotatable bonds is 9. The number of nitrogens with zero attached hydrogens (tertiary/aromatic N) is 1. The van der Waals surface area contributed by atoms with E-state index in [0.717, 1.165) is 5.56 Å². The van der Waals surface area contributed by atoms with E-state index in [-0.39, 0.29) is 35.1 Å². The minimum Gasteiger partial charge on any atom is -0.507 e. The first-order chi connectivity index (χ1) is 17.4. The number of aliphatic hydroxyl groups is 1. The van der Waals surface area contributed by atoms with E-state index in [1.807, 2.05) is 30.3 Å². The number of carbonyl (C=O) groups is 2. The molecule has 3 aromatic rings. The van der Waals surface area contributed by atoms with E-state index in [9.17, 15) is 14.7 Å². The molecule has 1 aliphatic heterocycles.